The largest absolute Gasteiger partial charge is 0.397 e. The molecule has 0 radical (unpaired) electrons. The Morgan fingerprint density at radius 2 is 1.97 bits per heavy atom. The summed E-state index contributed by atoms with van der Waals surface area (Å²) in [7, 11) is 0. The van der Waals surface area contributed by atoms with Gasteiger partial charge in [0.2, 0.25) is 0 Å². The Bertz CT molecular complexity index is 1080. The SMILES string of the molecule is Cl.Nc1c(C(=O)NCCc2ccc(N3CCNCC3)cc2)sc2nc3c(cc12)CCC3. The van der Waals surface area contributed by atoms with E-state index in [1.54, 1.807) is 0 Å². The maximum Gasteiger partial charge on any atom is 0.263 e. The molecule has 1 aliphatic heterocycles. The summed E-state index contributed by atoms with van der Waals surface area (Å²) in [5.41, 5.74) is 11.8. The van der Waals surface area contributed by atoms with E-state index in [1.165, 1.54) is 33.8 Å². The Balaban J connectivity index is 0.00000231. The lowest BCUT2D eigenvalue weighted by atomic mass is 10.1. The molecule has 4 N–H and O–H groups in total. The van der Waals surface area contributed by atoms with Gasteiger partial charge in [-0.2, -0.15) is 0 Å². The molecule has 0 unspecified atom stereocenters. The fourth-order valence-electron chi connectivity index (χ4n) is 4.36. The van der Waals surface area contributed by atoms with Gasteiger partial charge in [0.05, 0.1) is 5.69 Å². The summed E-state index contributed by atoms with van der Waals surface area (Å²) in [5, 5.41) is 7.33. The topological polar surface area (TPSA) is 83.3 Å². The van der Waals surface area contributed by atoms with Crippen molar-refractivity contribution in [2.24, 2.45) is 0 Å². The molecule has 164 valence electrons. The highest BCUT2D eigenvalue weighted by Crippen LogP contribution is 2.35. The van der Waals surface area contributed by atoms with Gasteiger partial charge >= 0.3 is 0 Å². The molecule has 6 nitrogen and oxygen atoms in total. The number of nitrogen functional groups attached to an aromatic ring is 1. The summed E-state index contributed by atoms with van der Waals surface area (Å²) >= 11 is 1.40. The Kier molecular flexibility index (Phi) is 6.65. The minimum Gasteiger partial charge on any atom is -0.397 e. The number of halogens is 1. The van der Waals surface area contributed by atoms with Gasteiger partial charge in [-0.05, 0) is 55.0 Å². The number of carbonyl (C=O) groups is 1. The maximum atomic E-state index is 12.7. The van der Waals surface area contributed by atoms with E-state index < -0.39 is 0 Å². The predicted molar refractivity (Wildman–Crippen MR) is 131 cm³/mol. The van der Waals surface area contributed by atoms with Crippen LogP contribution in [0.15, 0.2) is 30.3 Å². The molecule has 0 bridgehead atoms. The number of amides is 1. The Hall–Kier alpha value is -2.35. The van der Waals surface area contributed by atoms with Gasteiger partial charge in [0.1, 0.15) is 9.71 Å². The Labute approximate surface area is 192 Å². The number of aryl methyl sites for hydroxylation is 2. The van der Waals surface area contributed by atoms with Crippen LogP contribution in [0.3, 0.4) is 0 Å². The van der Waals surface area contributed by atoms with Gasteiger partial charge in [-0.15, -0.1) is 23.7 Å². The van der Waals surface area contributed by atoms with Crippen LogP contribution in [0.5, 0.6) is 0 Å². The average molecular weight is 458 g/mol. The van der Waals surface area contributed by atoms with E-state index in [1.807, 2.05) is 0 Å². The summed E-state index contributed by atoms with van der Waals surface area (Å²) in [4.78, 5) is 21.3. The van der Waals surface area contributed by atoms with Crippen LogP contribution >= 0.6 is 23.7 Å². The monoisotopic (exact) mass is 457 g/mol. The second kappa shape index (κ2) is 9.42. The number of benzene rings is 1. The number of piperazine rings is 1. The minimum absolute atomic E-state index is 0. The van der Waals surface area contributed by atoms with Gasteiger partial charge in [-0.25, -0.2) is 4.98 Å². The summed E-state index contributed by atoms with van der Waals surface area (Å²) in [5.74, 6) is -0.104. The maximum absolute atomic E-state index is 12.7. The summed E-state index contributed by atoms with van der Waals surface area (Å²) in [6, 6.07) is 10.8. The summed E-state index contributed by atoms with van der Waals surface area (Å²) in [6.07, 6.45) is 4.04. The molecule has 1 aromatic carbocycles. The number of rotatable bonds is 5. The van der Waals surface area contributed by atoms with E-state index in [0.29, 0.717) is 17.1 Å². The first-order valence-corrected chi connectivity index (χ1v) is 11.5. The molecule has 8 heteroatoms. The van der Waals surface area contributed by atoms with Gasteiger partial charge in [0.25, 0.3) is 5.91 Å². The number of nitrogens with zero attached hydrogens (tertiary/aromatic N) is 2. The van der Waals surface area contributed by atoms with Crippen LogP contribution in [0.25, 0.3) is 10.2 Å². The van der Waals surface area contributed by atoms with Crippen molar-refractivity contribution in [1.82, 2.24) is 15.6 Å². The zero-order valence-electron chi connectivity index (χ0n) is 17.4. The third-order valence-corrected chi connectivity index (χ3v) is 7.19. The molecule has 1 aliphatic carbocycles. The molecule has 0 saturated carbocycles. The van der Waals surface area contributed by atoms with E-state index >= 15 is 0 Å². The number of thiophene rings is 1. The number of nitrogens with one attached hydrogen (secondary N) is 2. The first-order valence-electron chi connectivity index (χ1n) is 10.7. The highest BCUT2D eigenvalue weighted by molar-refractivity contribution is 7.21. The molecule has 3 aromatic rings. The van der Waals surface area contributed by atoms with Crippen LogP contribution in [0.1, 0.15) is 32.9 Å². The van der Waals surface area contributed by atoms with Crippen LogP contribution < -0.4 is 21.3 Å². The van der Waals surface area contributed by atoms with Gasteiger partial charge < -0.3 is 21.3 Å². The van der Waals surface area contributed by atoms with Crippen molar-refractivity contribution < 1.29 is 4.79 Å². The normalized spacial score (nSPS) is 15.5. The molecule has 3 heterocycles. The summed E-state index contributed by atoms with van der Waals surface area (Å²) in [6.45, 7) is 4.75. The van der Waals surface area contributed by atoms with Crippen molar-refractivity contribution in [3.63, 3.8) is 0 Å². The molecule has 1 saturated heterocycles. The molecule has 31 heavy (non-hydrogen) atoms. The van der Waals surface area contributed by atoms with E-state index in [9.17, 15) is 4.79 Å². The second-order valence-electron chi connectivity index (χ2n) is 8.05. The van der Waals surface area contributed by atoms with Crippen LogP contribution in [0.4, 0.5) is 11.4 Å². The molecular weight excluding hydrogens is 430 g/mol. The van der Waals surface area contributed by atoms with E-state index in [2.05, 4.69) is 45.9 Å². The van der Waals surface area contributed by atoms with Crippen molar-refractivity contribution in [2.45, 2.75) is 25.7 Å². The second-order valence-corrected chi connectivity index (χ2v) is 9.05. The van der Waals surface area contributed by atoms with E-state index in [4.69, 9.17) is 10.7 Å². The molecule has 2 aliphatic rings. The van der Waals surface area contributed by atoms with Crippen molar-refractivity contribution in [1.29, 1.82) is 0 Å². The smallest absolute Gasteiger partial charge is 0.263 e. The number of pyridine rings is 1. The average Bonchev–Trinajstić information content (AvgIpc) is 3.37. The predicted octanol–water partition coefficient (Wildman–Crippen LogP) is 3.17. The van der Waals surface area contributed by atoms with Crippen molar-refractivity contribution >= 4 is 51.2 Å². The number of hydrogen-bond donors (Lipinski definition) is 3. The number of anilines is 2. The van der Waals surface area contributed by atoms with Gasteiger partial charge in [-0.3, -0.25) is 4.79 Å². The standard InChI is InChI=1S/C23H27N5OS.ClH/c24-20-18-14-16-2-1-3-19(16)27-23(18)30-21(20)22(29)26-9-8-15-4-6-17(7-5-15)28-12-10-25-11-13-28;/h4-7,14,25H,1-3,8-13,24H2,(H,26,29);1H. The van der Waals surface area contributed by atoms with Crippen molar-refractivity contribution in [2.75, 3.05) is 43.4 Å². The van der Waals surface area contributed by atoms with E-state index in [0.717, 1.165) is 62.1 Å². The molecular formula is C23H28ClN5OS. The lowest BCUT2D eigenvalue weighted by molar-refractivity contribution is 0.0959. The van der Waals surface area contributed by atoms with E-state index in [-0.39, 0.29) is 18.3 Å². The zero-order chi connectivity index (χ0) is 20.5. The Morgan fingerprint density at radius 3 is 2.74 bits per heavy atom. The van der Waals surface area contributed by atoms with Crippen molar-refractivity contribution in [3.8, 4) is 0 Å². The molecule has 5 rings (SSSR count). The third-order valence-electron chi connectivity index (χ3n) is 6.07. The van der Waals surface area contributed by atoms with Crippen LogP contribution in [-0.4, -0.2) is 43.6 Å². The minimum atomic E-state index is -0.104. The van der Waals surface area contributed by atoms with Gasteiger partial charge in [0, 0.05) is 49.5 Å². The van der Waals surface area contributed by atoms with Crippen LogP contribution in [-0.2, 0) is 19.3 Å². The van der Waals surface area contributed by atoms with Crippen LogP contribution in [0, 0.1) is 0 Å². The van der Waals surface area contributed by atoms with Crippen LogP contribution in [0.2, 0.25) is 0 Å². The first kappa shape index (κ1) is 21.9. The quantitative estimate of drug-likeness (QED) is 0.548. The first-order chi connectivity index (χ1) is 14.7. The van der Waals surface area contributed by atoms with Crippen molar-refractivity contribution in [3.05, 3.63) is 52.0 Å². The lowest BCUT2D eigenvalue weighted by Crippen LogP contribution is -2.43. The lowest BCUT2D eigenvalue weighted by Gasteiger charge is -2.29. The molecule has 0 atom stereocenters. The zero-order valence-corrected chi connectivity index (χ0v) is 19.1. The third kappa shape index (κ3) is 4.49. The molecule has 0 spiro atoms. The molecule has 1 fully saturated rings. The number of carbonyl (C=O) groups excluding carboxylic acids is 1. The highest BCUT2D eigenvalue weighted by Gasteiger charge is 2.21. The number of nitrogens with two attached hydrogens (primary N) is 1. The fraction of sp³-hybridized carbons (Fsp3) is 0.391. The fourth-order valence-corrected chi connectivity index (χ4v) is 5.38. The number of hydrogen-bond acceptors (Lipinski definition) is 6. The molecule has 1 amide bonds. The number of aromatic nitrogens is 1. The van der Waals surface area contributed by atoms with Gasteiger partial charge in [-0.1, -0.05) is 12.1 Å². The number of fused-ring (bicyclic) bond motifs is 2. The Morgan fingerprint density at radius 1 is 1.19 bits per heavy atom. The van der Waals surface area contributed by atoms with Gasteiger partial charge in [0.15, 0.2) is 0 Å². The molecule has 2 aromatic heterocycles. The summed E-state index contributed by atoms with van der Waals surface area (Å²) < 4.78 is 0. The highest BCUT2D eigenvalue weighted by atomic mass is 35.5.